The Labute approximate surface area is 74.5 Å². The van der Waals surface area contributed by atoms with Gasteiger partial charge < -0.3 is 11.1 Å². The van der Waals surface area contributed by atoms with Crippen molar-refractivity contribution < 1.29 is 0 Å². The fourth-order valence-corrected chi connectivity index (χ4v) is 1.14. The molecule has 0 atom stereocenters. The number of hydrogen-bond acceptors (Lipinski definition) is 2. The molecule has 0 aromatic carbocycles. The molecule has 12 heavy (non-hydrogen) atoms. The Balaban J connectivity index is 2.72. The Kier molecular flexibility index (Phi) is 2.93. The lowest BCUT2D eigenvalue weighted by molar-refractivity contribution is 0.766. The number of hydrogen-bond donors (Lipinski definition) is 2. The molecule has 1 aliphatic rings. The minimum absolute atomic E-state index is 0.617. The third-order valence-corrected chi connectivity index (χ3v) is 2.36. The first-order chi connectivity index (χ1) is 5.61. The summed E-state index contributed by atoms with van der Waals surface area (Å²) in [5, 5.41) is 3.22. The fourth-order valence-electron chi connectivity index (χ4n) is 1.14. The molecule has 0 spiro atoms. The summed E-state index contributed by atoms with van der Waals surface area (Å²) in [5.41, 5.74) is 9.46. The summed E-state index contributed by atoms with van der Waals surface area (Å²) in [6, 6.07) is 0. The lowest BCUT2D eigenvalue weighted by atomic mass is 10.0. The van der Waals surface area contributed by atoms with Crippen LogP contribution in [0.5, 0.6) is 0 Å². The smallest absolute Gasteiger partial charge is 0.0358 e. The Morgan fingerprint density at radius 2 is 2.17 bits per heavy atom. The largest absolute Gasteiger partial charge is 0.401 e. The Morgan fingerprint density at radius 1 is 1.50 bits per heavy atom. The molecule has 0 aromatic heterocycles. The lowest BCUT2D eigenvalue weighted by Crippen LogP contribution is -2.11. The zero-order chi connectivity index (χ0) is 9.14. The van der Waals surface area contributed by atoms with Gasteiger partial charge in [-0.05, 0) is 18.4 Å². The van der Waals surface area contributed by atoms with Gasteiger partial charge in [0.05, 0.1) is 0 Å². The summed E-state index contributed by atoms with van der Waals surface area (Å²) in [6.07, 6.45) is 2.21. The summed E-state index contributed by atoms with van der Waals surface area (Å²) < 4.78 is 0. The number of allylic oxidation sites excluding steroid dienone is 1. The molecule has 0 radical (unpaired) electrons. The van der Waals surface area contributed by atoms with Crippen molar-refractivity contribution in [3.63, 3.8) is 0 Å². The van der Waals surface area contributed by atoms with E-state index in [1.165, 1.54) is 11.1 Å². The van der Waals surface area contributed by atoms with E-state index in [-0.39, 0.29) is 0 Å². The predicted octanol–water partition coefficient (Wildman–Crippen LogP) is 1.40. The molecule has 0 bridgehead atoms. The molecule has 0 aliphatic carbocycles. The van der Waals surface area contributed by atoms with E-state index < -0.39 is 0 Å². The number of nitrogens with one attached hydrogen (secondary N) is 1. The molecule has 0 saturated heterocycles. The van der Waals surface area contributed by atoms with Crippen LogP contribution in [0.25, 0.3) is 0 Å². The first-order valence-electron chi connectivity index (χ1n) is 4.47. The van der Waals surface area contributed by atoms with E-state index in [0.29, 0.717) is 5.92 Å². The van der Waals surface area contributed by atoms with Crippen LogP contribution in [0.4, 0.5) is 0 Å². The van der Waals surface area contributed by atoms with Crippen LogP contribution < -0.4 is 11.1 Å². The fraction of sp³-hybridized carbons (Fsp3) is 0.600. The molecule has 1 rings (SSSR count). The van der Waals surface area contributed by atoms with Gasteiger partial charge in [-0.3, -0.25) is 0 Å². The van der Waals surface area contributed by atoms with Gasteiger partial charge in [-0.1, -0.05) is 25.5 Å². The molecule has 2 nitrogen and oxygen atoms in total. The van der Waals surface area contributed by atoms with Gasteiger partial charge >= 0.3 is 0 Å². The summed E-state index contributed by atoms with van der Waals surface area (Å²) >= 11 is 0. The molecule has 1 aliphatic heterocycles. The molecule has 0 amide bonds. The topological polar surface area (TPSA) is 38.0 Å². The van der Waals surface area contributed by atoms with Crippen LogP contribution >= 0.6 is 0 Å². The summed E-state index contributed by atoms with van der Waals surface area (Å²) in [6.45, 7) is 8.33. The Morgan fingerprint density at radius 3 is 2.58 bits per heavy atom. The van der Waals surface area contributed by atoms with Crippen LogP contribution in [0, 0.1) is 5.92 Å². The van der Waals surface area contributed by atoms with E-state index in [9.17, 15) is 0 Å². The van der Waals surface area contributed by atoms with Crippen molar-refractivity contribution >= 4 is 0 Å². The zero-order valence-electron chi connectivity index (χ0n) is 8.15. The van der Waals surface area contributed by atoms with Crippen LogP contribution in [0.2, 0.25) is 0 Å². The highest BCUT2D eigenvalue weighted by molar-refractivity contribution is 5.32. The predicted molar refractivity (Wildman–Crippen MR) is 52.7 cm³/mol. The van der Waals surface area contributed by atoms with Gasteiger partial charge in [-0.15, -0.1) is 0 Å². The quantitative estimate of drug-likeness (QED) is 0.651. The lowest BCUT2D eigenvalue weighted by Gasteiger charge is -2.05. The maximum Gasteiger partial charge on any atom is 0.0358 e. The van der Waals surface area contributed by atoms with Crippen molar-refractivity contribution in [2.24, 2.45) is 11.7 Å². The standard InChI is InChI=1S/C10H18N2/c1-7(2)8(3)4-9-5-12-6-10(9)11/h4,7,12H,5-6,11H2,1-3H3/b8-4-. The molecule has 2 heteroatoms. The minimum Gasteiger partial charge on any atom is -0.401 e. The second-order valence-electron chi connectivity index (χ2n) is 3.70. The van der Waals surface area contributed by atoms with E-state index >= 15 is 0 Å². The van der Waals surface area contributed by atoms with Crippen molar-refractivity contribution in [1.82, 2.24) is 5.32 Å². The normalized spacial score (nSPS) is 19.5. The molecule has 0 unspecified atom stereocenters. The van der Waals surface area contributed by atoms with Crippen molar-refractivity contribution in [2.75, 3.05) is 13.1 Å². The van der Waals surface area contributed by atoms with E-state index in [4.69, 9.17) is 5.73 Å². The molecule has 0 aromatic rings. The third kappa shape index (κ3) is 2.11. The molecular formula is C10H18N2. The number of nitrogens with two attached hydrogens (primary N) is 1. The van der Waals surface area contributed by atoms with Gasteiger partial charge in [0.15, 0.2) is 0 Å². The molecule has 0 saturated carbocycles. The van der Waals surface area contributed by atoms with E-state index in [0.717, 1.165) is 18.8 Å². The zero-order valence-corrected chi connectivity index (χ0v) is 8.15. The Bertz CT molecular complexity index is 224. The van der Waals surface area contributed by atoms with Crippen LogP contribution in [0.3, 0.4) is 0 Å². The van der Waals surface area contributed by atoms with Crippen LogP contribution in [0.15, 0.2) is 22.9 Å². The molecule has 3 N–H and O–H groups in total. The summed E-state index contributed by atoms with van der Waals surface area (Å²) in [7, 11) is 0. The number of rotatable bonds is 2. The SMILES string of the molecule is C/C(=C/C1=C(N)CNC1)C(C)C. The average molecular weight is 166 g/mol. The highest BCUT2D eigenvalue weighted by Crippen LogP contribution is 2.14. The van der Waals surface area contributed by atoms with Crippen molar-refractivity contribution in [3.05, 3.63) is 22.9 Å². The van der Waals surface area contributed by atoms with Gasteiger partial charge in [-0.25, -0.2) is 0 Å². The second kappa shape index (κ2) is 3.76. The van der Waals surface area contributed by atoms with Crippen LogP contribution in [-0.4, -0.2) is 13.1 Å². The summed E-state index contributed by atoms with van der Waals surface area (Å²) in [5.74, 6) is 0.617. The van der Waals surface area contributed by atoms with E-state index in [1.807, 2.05) is 0 Å². The van der Waals surface area contributed by atoms with Gasteiger partial charge in [0.2, 0.25) is 0 Å². The second-order valence-corrected chi connectivity index (χ2v) is 3.70. The van der Waals surface area contributed by atoms with E-state index in [1.54, 1.807) is 0 Å². The highest BCUT2D eigenvalue weighted by Gasteiger charge is 2.08. The first kappa shape index (κ1) is 9.33. The maximum absolute atomic E-state index is 5.80. The van der Waals surface area contributed by atoms with Crippen LogP contribution in [0.1, 0.15) is 20.8 Å². The highest BCUT2D eigenvalue weighted by atomic mass is 14.9. The summed E-state index contributed by atoms with van der Waals surface area (Å²) in [4.78, 5) is 0. The minimum atomic E-state index is 0.617. The van der Waals surface area contributed by atoms with Crippen molar-refractivity contribution in [1.29, 1.82) is 0 Å². The van der Waals surface area contributed by atoms with Gasteiger partial charge in [0, 0.05) is 18.8 Å². The van der Waals surface area contributed by atoms with Gasteiger partial charge in [0.25, 0.3) is 0 Å². The Hall–Kier alpha value is -0.760. The molecule has 0 fully saturated rings. The maximum atomic E-state index is 5.80. The third-order valence-electron chi connectivity index (χ3n) is 2.36. The van der Waals surface area contributed by atoms with E-state index in [2.05, 4.69) is 32.2 Å². The van der Waals surface area contributed by atoms with Gasteiger partial charge in [0.1, 0.15) is 0 Å². The van der Waals surface area contributed by atoms with Gasteiger partial charge in [-0.2, -0.15) is 0 Å². The molecular weight excluding hydrogens is 148 g/mol. The van der Waals surface area contributed by atoms with Crippen molar-refractivity contribution in [3.8, 4) is 0 Å². The molecule has 68 valence electrons. The van der Waals surface area contributed by atoms with Crippen molar-refractivity contribution in [2.45, 2.75) is 20.8 Å². The monoisotopic (exact) mass is 166 g/mol. The van der Waals surface area contributed by atoms with Crippen LogP contribution in [-0.2, 0) is 0 Å². The first-order valence-corrected chi connectivity index (χ1v) is 4.47. The molecule has 1 heterocycles. The average Bonchev–Trinajstić information content (AvgIpc) is 2.36.